The molecule has 0 amide bonds. The summed E-state index contributed by atoms with van der Waals surface area (Å²) in [6.07, 6.45) is 0.534. The fourth-order valence-corrected chi connectivity index (χ4v) is 2.01. The molecule has 0 bridgehead atoms. The molecule has 0 spiro atoms. The summed E-state index contributed by atoms with van der Waals surface area (Å²) in [6.45, 7) is 2.40. The molecule has 1 aromatic carbocycles. The number of nitrogens with one attached hydrogen (secondary N) is 1. The van der Waals surface area contributed by atoms with Crippen LogP contribution in [0, 0.1) is 0 Å². The average molecular weight is 257 g/mol. The monoisotopic (exact) mass is 257 g/mol. The zero-order valence-electron chi connectivity index (χ0n) is 10.6. The minimum atomic E-state index is -2.88. The molecular weight excluding hydrogens is 240 g/mol. The standard InChI is InChI=1S/C13H17F2NO2/c1-13(14,15)10-8-12-11(17-5-6-18-12)7-9(10)3-4-16-2/h7-8,16H,3-6H2,1-2H3. The van der Waals surface area contributed by atoms with Gasteiger partial charge in [0.25, 0.3) is 5.92 Å². The van der Waals surface area contributed by atoms with Crippen molar-refractivity contribution < 1.29 is 18.3 Å². The van der Waals surface area contributed by atoms with Crippen LogP contribution in [0.4, 0.5) is 8.78 Å². The SMILES string of the molecule is CNCCc1cc2c(cc1C(C)(F)F)OCCO2. The highest BCUT2D eigenvalue weighted by Gasteiger charge is 2.30. The van der Waals surface area contributed by atoms with Gasteiger partial charge >= 0.3 is 0 Å². The maximum Gasteiger partial charge on any atom is 0.270 e. The van der Waals surface area contributed by atoms with Crippen LogP contribution in [0.15, 0.2) is 12.1 Å². The van der Waals surface area contributed by atoms with E-state index in [1.807, 2.05) is 0 Å². The second-order valence-electron chi connectivity index (χ2n) is 4.39. The van der Waals surface area contributed by atoms with Crippen molar-refractivity contribution >= 4 is 0 Å². The first-order chi connectivity index (χ1) is 8.52. The van der Waals surface area contributed by atoms with E-state index in [0.717, 1.165) is 6.92 Å². The third-order valence-corrected chi connectivity index (χ3v) is 2.89. The van der Waals surface area contributed by atoms with E-state index in [-0.39, 0.29) is 5.56 Å². The fraction of sp³-hybridized carbons (Fsp3) is 0.538. The molecule has 5 heteroatoms. The number of benzene rings is 1. The molecule has 3 nitrogen and oxygen atoms in total. The number of hydrogen-bond acceptors (Lipinski definition) is 3. The molecule has 0 fully saturated rings. The van der Waals surface area contributed by atoms with Crippen LogP contribution in [0.5, 0.6) is 11.5 Å². The van der Waals surface area contributed by atoms with E-state index in [9.17, 15) is 8.78 Å². The first-order valence-electron chi connectivity index (χ1n) is 5.98. The van der Waals surface area contributed by atoms with Crippen LogP contribution in [0.2, 0.25) is 0 Å². The van der Waals surface area contributed by atoms with E-state index in [2.05, 4.69) is 5.32 Å². The van der Waals surface area contributed by atoms with Gasteiger partial charge < -0.3 is 14.8 Å². The third-order valence-electron chi connectivity index (χ3n) is 2.89. The van der Waals surface area contributed by atoms with Crippen LogP contribution in [0.1, 0.15) is 18.1 Å². The normalized spacial score (nSPS) is 14.7. The molecule has 1 aliphatic heterocycles. The number of hydrogen-bond donors (Lipinski definition) is 1. The maximum atomic E-state index is 13.6. The Kier molecular flexibility index (Phi) is 3.71. The third kappa shape index (κ3) is 2.72. The Morgan fingerprint density at radius 3 is 2.39 bits per heavy atom. The number of ether oxygens (including phenoxy) is 2. The van der Waals surface area contributed by atoms with E-state index < -0.39 is 5.92 Å². The summed E-state index contributed by atoms with van der Waals surface area (Å²) in [6, 6.07) is 3.07. The molecule has 0 radical (unpaired) electrons. The predicted molar refractivity (Wildman–Crippen MR) is 64.6 cm³/mol. The fourth-order valence-electron chi connectivity index (χ4n) is 2.01. The lowest BCUT2D eigenvalue weighted by atomic mass is 9.98. The second kappa shape index (κ2) is 5.10. The Labute approximate surface area is 105 Å². The highest BCUT2D eigenvalue weighted by molar-refractivity contribution is 5.49. The summed E-state index contributed by atoms with van der Waals surface area (Å²) >= 11 is 0. The predicted octanol–water partition coefficient (Wildman–Crippen LogP) is 2.33. The molecule has 1 aromatic rings. The highest BCUT2D eigenvalue weighted by atomic mass is 19.3. The van der Waals surface area contributed by atoms with Gasteiger partial charge in [0, 0.05) is 12.5 Å². The van der Waals surface area contributed by atoms with E-state index in [1.54, 1.807) is 13.1 Å². The molecule has 0 aromatic heterocycles. The Bertz CT molecular complexity index is 430. The number of alkyl halides is 2. The van der Waals surface area contributed by atoms with Crippen LogP contribution >= 0.6 is 0 Å². The van der Waals surface area contributed by atoms with Crippen LogP contribution in [0.3, 0.4) is 0 Å². The van der Waals surface area contributed by atoms with Crippen molar-refractivity contribution in [2.45, 2.75) is 19.3 Å². The Morgan fingerprint density at radius 2 is 1.83 bits per heavy atom. The van der Waals surface area contributed by atoms with Crippen molar-refractivity contribution in [3.05, 3.63) is 23.3 Å². The van der Waals surface area contributed by atoms with Gasteiger partial charge in [0.15, 0.2) is 11.5 Å². The van der Waals surface area contributed by atoms with E-state index in [0.29, 0.717) is 43.2 Å². The van der Waals surface area contributed by atoms with Gasteiger partial charge in [-0.2, -0.15) is 0 Å². The van der Waals surface area contributed by atoms with Crippen molar-refractivity contribution in [3.8, 4) is 11.5 Å². The van der Waals surface area contributed by atoms with Crippen LogP contribution in [-0.2, 0) is 12.3 Å². The molecule has 0 atom stereocenters. The topological polar surface area (TPSA) is 30.5 Å². The van der Waals surface area contributed by atoms with Crippen LogP contribution < -0.4 is 14.8 Å². The van der Waals surface area contributed by atoms with Gasteiger partial charge in [0.1, 0.15) is 13.2 Å². The van der Waals surface area contributed by atoms with E-state index in [1.165, 1.54) is 6.07 Å². The molecule has 1 N–H and O–H groups in total. The Balaban J connectivity index is 2.41. The Hall–Kier alpha value is -1.36. The molecular formula is C13H17F2NO2. The van der Waals surface area contributed by atoms with E-state index in [4.69, 9.17) is 9.47 Å². The minimum Gasteiger partial charge on any atom is -0.486 e. The molecule has 0 saturated carbocycles. The molecule has 0 saturated heterocycles. The summed E-state index contributed by atoms with van der Waals surface area (Å²) in [5, 5.41) is 2.96. The van der Waals surface area contributed by atoms with Crippen LogP contribution in [-0.4, -0.2) is 26.8 Å². The molecule has 100 valence electrons. The van der Waals surface area contributed by atoms with Gasteiger partial charge in [-0.05, 0) is 37.7 Å². The summed E-state index contributed by atoms with van der Waals surface area (Å²) < 4.78 is 38.0. The molecule has 0 unspecified atom stereocenters. The average Bonchev–Trinajstić information content (AvgIpc) is 2.34. The van der Waals surface area contributed by atoms with Gasteiger partial charge in [-0.1, -0.05) is 0 Å². The van der Waals surface area contributed by atoms with Crippen molar-refractivity contribution in [1.82, 2.24) is 5.32 Å². The Morgan fingerprint density at radius 1 is 1.22 bits per heavy atom. The molecule has 18 heavy (non-hydrogen) atoms. The van der Waals surface area contributed by atoms with Crippen molar-refractivity contribution in [2.24, 2.45) is 0 Å². The first kappa shape index (κ1) is 13.1. The van der Waals surface area contributed by atoms with Crippen LogP contribution in [0.25, 0.3) is 0 Å². The first-order valence-corrected chi connectivity index (χ1v) is 5.98. The molecule has 1 aliphatic rings. The summed E-state index contributed by atoms with van der Waals surface area (Å²) in [5.41, 5.74) is 0.614. The van der Waals surface area contributed by atoms with Gasteiger partial charge in [-0.15, -0.1) is 0 Å². The quantitative estimate of drug-likeness (QED) is 0.898. The number of fused-ring (bicyclic) bond motifs is 1. The van der Waals surface area contributed by atoms with Gasteiger partial charge in [0.05, 0.1) is 0 Å². The van der Waals surface area contributed by atoms with Gasteiger partial charge in [-0.3, -0.25) is 0 Å². The maximum absolute atomic E-state index is 13.6. The van der Waals surface area contributed by atoms with Crippen molar-refractivity contribution in [2.75, 3.05) is 26.8 Å². The van der Waals surface area contributed by atoms with Crippen molar-refractivity contribution in [3.63, 3.8) is 0 Å². The molecule has 0 aliphatic carbocycles. The van der Waals surface area contributed by atoms with Gasteiger partial charge in [0.2, 0.25) is 0 Å². The smallest absolute Gasteiger partial charge is 0.270 e. The summed E-state index contributed by atoms with van der Waals surface area (Å²) in [4.78, 5) is 0. The minimum absolute atomic E-state index is 0.0157. The van der Waals surface area contributed by atoms with Gasteiger partial charge in [-0.25, -0.2) is 8.78 Å². The lowest BCUT2D eigenvalue weighted by Crippen LogP contribution is -2.20. The molecule has 1 heterocycles. The van der Waals surface area contributed by atoms with E-state index >= 15 is 0 Å². The number of rotatable bonds is 4. The zero-order valence-corrected chi connectivity index (χ0v) is 10.6. The summed E-state index contributed by atoms with van der Waals surface area (Å²) in [5.74, 6) is -1.91. The lowest BCUT2D eigenvalue weighted by molar-refractivity contribution is 0.0160. The summed E-state index contributed by atoms with van der Waals surface area (Å²) in [7, 11) is 1.79. The lowest BCUT2D eigenvalue weighted by Gasteiger charge is -2.23. The molecule has 2 rings (SSSR count). The zero-order chi connectivity index (χ0) is 13.2. The number of halogens is 2. The number of likely N-dealkylation sites (N-methyl/N-ethyl adjacent to an activating group) is 1. The highest BCUT2D eigenvalue weighted by Crippen LogP contribution is 2.39. The van der Waals surface area contributed by atoms with Crippen molar-refractivity contribution in [1.29, 1.82) is 0 Å². The largest absolute Gasteiger partial charge is 0.486 e. The second-order valence-corrected chi connectivity index (χ2v) is 4.39.